The van der Waals surface area contributed by atoms with E-state index in [0.717, 1.165) is 28.3 Å². The van der Waals surface area contributed by atoms with Gasteiger partial charge >= 0.3 is 0 Å². The first-order chi connectivity index (χ1) is 9.13. The molecule has 1 N–H and O–H groups in total. The lowest BCUT2D eigenvalue weighted by molar-refractivity contribution is 0.595. The normalized spacial score (nSPS) is 10.9. The Hall–Kier alpha value is -1.64. The molecule has 0 atom stereocenters. The lowest BCUT2D eigenvalue weighted by Crippen LogP contribution is -1.77. The summed E-state index contributed by atoms with van der Waals surface area (Å²) in [6, 6.07) is 11.2. The smallest absolute Gasteiger partial charge is 0.151 e. The van der Waals surface area contributed by atoms with Crippen molar-refractivity contribution in [3.05, 3.63) is 58.2 Å². The highest BCUT2D eigenvalue weighted by Gasteiger charge is 2.10. The molecule has 2 aromatic heterocycles. The van der Waals surface area contributed by atoms with Crippen molar-refractivity contribution in [1.82, 2.24) is 4.98 Å². The van der Waals surface area contributed by atoms with Crippen molar-refractivity contribution >= 4 is 23.2 Å². The Morgan fingerprint density at radius 1 is 0.947 bits per heavy atom. The van der Waals surface area contributed by atoms with Gasteiger partial charge in [-0.25, -0.2) is 0 Å². The van der Waals surface area contributed by atoms with Crippen LogP contribution in [0.15, 0.2) is 47.0 Å². The second-order valence-electron chi connectivity index (χ2n) is 4.36. The van der Waals surface area contributed by atoms with E-state index < -0.39 is 0 Å². The third-order valence-corrected chi connectivity index (χ3v) is 3.39. The van der Waals surface area contributed by atoms with Crippen molar-refractivity contribution in [2.24, 2.45) is 0 Å². The number of furan rings is 1. The number of aromatic amines is 1. The number of nitrogens with one attached hydrogen (secondary N) is 1. The molecular weight excluding hydrogens is 281 g/mol. The van der Waals surface area contributed by atoms with Gasteiger partial charge in [-0.15, -0.1) is 0 Å². The number of H-pyrrole nitrogens is 1. The molecule has 0 saturated heterocycles. The van der Waals surface area contributed by atoms with Gasteiger partial charge in [-0.3, -0.25) is 0 Å². The van der Waals surface area contributed by atoms with Gasteiger partial charge in [0.25, 0.3) is 0 Å². The molecule has 0 spiro atoms. The summed E-state index contributed by atoms with van der Waals surface area (Å²) < 4.78 is 5.86. The van der Waals surface area contributed by atoms with Crippen molar-refractivity contribution in [3.8, 4) is 22.8 Å². The largest absolute Gasteiger partial charge is 0.455 e. The Kier molecular flexibility index (Phi) is 3.13. The number of aromatic nitrogens is 1. The molecular formula is C15H11Cl2NO. The highest BCUT2D eigenvalue weighted by Crippen LogP contribution is 2.32. The molecule has 4 heteroatoms. The van der Waals surface area contributed by atoms with Crippen LogP contribution in [0.5, 0.6) is 0 Å². The van der Waals surface area contributed by atoms with E-state index >= 15 is 0 Å². The van der Waals surface area contributed by atoms with Crippen LogP contribution >= 0.6 is 23.2 Å². The summed E-state index contributed by atoms with van der Waals surface area (Å²) in [6.45, 7) is 2.03. The van der Waals surface area contributed by atoms with E-state index in [1.807, 2.05) is 43.5 Å². The van der Waals surface area contributed by atoms with Crippen LogP contribution < -0.4 is 0 Å². The molecule has 2 nitrogen and oxygen atoms in total. The summed E-state index contributed by atoms with van der Waals surface area (Å²) in [6.07, 6.45) is 1.89. The first-order valence-corrected chi connectivity index (χ1v) is 6.60. The summed E-state index contributed by atoms with van der Waals surface area (Å²) in [5.41, 5.74) is 3.00. The molecule has 0 aliphatic carbocycles. The zero-order valence-electron chi connectivity index (χ0n) is 10.2. The van der Waals surface area contributed by atoms with Crippen molar-refractivity contribution in [3.63, 3.8) is 0 Å². The molecule has 0 unspecified atom stereocenters. The molecule has 0 saturated carbocycles. The van der Waals surface area contributed by atoms with Crippen LogP contribution in [0.3, 0.4) is 0 Å². The lowest BCUT2D eigenvalue weighted by atomic mass is 10.2. The molecule has 0 fully saturated rings. The second-order valence-corrected chi connectivity index (χ2v) is 5.23. The van der Waals surface area contributed by atoms with E-state index in [2.05, 4.69) is 4.98 Å². The Labute approximate surface area is 121 Å². The van der Waals surface area contributed by atoms with Crippen LogP contribution in [0.2, 0.25) is 10.0 Å². The van der Waals surface area contributed by atoms with Gasteiger partial charge in [-0.2, -0.15) is 0 Å². The molecule has 0 bridgehead atoms. The molecule has 0 amide bonds. The maximum Gasteiger partial charge on any atom is 0.151 e. The highest BCUT2D eigenvalue weighted by atomic mass is 35.5. The molecule has 0 aliphatic rings. The fraction of sp³-hybridized carbons (Fsp3) is 0.0667. The Morgan fingerprint density at radius 3 is 2.26 bits per heavy atom. The van der Waals surface area contributed by atoms with Crippen LogP contribution in [0.25, 0.3) is 22.8 Å². The number of hydrogen-bond acceptors (Lipinski definition) is 1. The number of benzene rings is 1. The Balaban J connectivity index is 2.04. The van der Waals surface area contributed by atoms with Crippen molar-refractivity contribution < 1.29 is 4.42 Å². The summed E-state index contributed by atoms with van der Waals surface area (Å²) >= 11 is 12.0. The molecule has 0 radical (unpaired) electrons. The molecule has 3 aromatic rings. The summed E-state index contributed by atoms with van der Waals surface area (Å²) in [4.78, 5) is 3.16. The molecule has 3 rings (SSSR count). The van der Waals surface area contributed by atoms with Crippen LogP contribution in [0, 0.1) is 6.92 Å². The predicted octanol–water partition coefficient (Wildman–Crippen LogP) is 5.56. The molecule has 19 heavy (non-hydrogen) atoms. The monoisotopic (exact) mass is 291 g/mol. The Morgan fingerprint density at radius 2 is 1.63 bits per heavy atom. The average Bonchev–Trinajstić information content (AvgIpc) is 2.95. The van der Waals surface area contributed by atoms with Gasteiger partial charge < -0.3 is 9.40 Å². The van der Waals surface area contributed by atoms with Gasteiger partial charge in [0.05, 0.1) is 5.69 Å². The fourth-order valence-electron chi connectivity index (χ4n) is 2.04. The van der Waals surface area contributed by atoms with Crippen molar-refractivity contribution in [2.45, 2.75) is 6.92 Å². The molecule has 2 heterocycles. The third-order valence-electron chi connectivity index (χ3n) is 2.95. The van der Waals surface area contributed by atoms with Gasteiger partial charge in [0.1, 0.15) is 5.76 Å². The zero-order chi connectivity index (χ0) is 13.4. The van der Waals surface area contributed by atoms with E-state index in [9.17, 15) is 0 Å². The maximum atomic E-state index is 6.00. The number of aryl methyl sites for hydroxylation is 1. The van der Waals surface area contributed by atoms with E-state index in [1.165, 1.54) is 0 Å². The Bertz CT molecular complexity index is 707. The highest BCUT2D eigenvalue weighted by molar-refractivity contribution is 6.35. The van der Waals surface area contributed by atoms with Gasteiger partial charge in [0, 0.05) is 21.8 Å². The molecule has 96 valence electrons. The number of halogens is 2. The van der Waals surface area contributed by atoms with Crippen LogP contribution in [0.4, 0.5) is 0 Å². The zero-order valence-corrected chi connectivity index (χ0v) is 11.7. The van der Waals surface area contributed by atoms with Crippen LogP contribution in [0.1, 0.15) is 5.56 Å². The first kappa shape index (κ1) is 12.4. The molecule has 0 aliphatic heterocycles. The fourth-order valence-corrected chi connectivity index (χ4v) is 2.56. The summed E-state index contributed by atoms with van der Waals surface area (Å²) in [5.74, 6) is 1.54. The standard InChI is InChI=1S/C15H11Cl2NO/c1-9-4-5-18-15(9)14-3-2-13(19-14)10-6-11(16)8-12(17)7-10/h2-8,18H,1H3. The van der Waals surface area contributed by atoms with E-state index in [4.69, 9.17) is 27.6 Å². The quantitative estimate of drug-likeness (QED) is 0.658. The average molecular weight is 292 g/mol. The minimum absolute atomic E-state index is 0.594. The van der Waals surface area contributed by atoms with E-state index in [-0.39, 0.29) is 0 Å². The van der Waals surface area contributed by atoms with Crippen LogP contribution in [-0.4, -0.2) is 4.98 Å². The van der Waals surface area contributed by atoms with Crippen molar-refractivity contribution in [1.29, 1.82) is 0 Å². The van der Waals surface area contributed by atoms with Crippen molar-refractivity contribution in [2.75, 3.05) is 0 Å². The summed E-state index contributed by atoms with van der Waals surface area (Å²) in [7, 11) is 0. The van der Waals surface area contributed by atoms with E-state index in [1.54, 1.807) is 6.07 Å². The summed E-state index contributed by atoms with van der Waals surface area (Å²) in [5, 5.41) is 1.19. The first-order valence-electron chi connectivity index (χ1n) is 5.84. The van der Waals surface area contributed by atoms with Gasteiger partial charge in [0.2, 0.25) is 0 Å². The third kappa shape index (κ3) is 2.42. The minimum Gasteiger partial charge on any atom is -0.455 e. The second kappa shape index (κ2) is 4.80. The van der Waals surface area contributed by atoms with Gasteiger partial charge in [-0.1, -0.05) is 23.2 Å². The topological polar surface area (TPSA) is 28.9 Å². The van der Waals surface area contributed by atoms with Gasteiger partial charge in [0.15, 0.2) is 5.76 Å². The SMILES string of the molecule is Cc1cc[nH]c1-c1ccc(-c2cc(Cl)cc(Cl)c2)o1. The van der Waals surface area contributed by atoms with Gasteiger partial charge in [-0.05, 0) is 48.9 Å². The number of rotatable bonds is 2. The van der Waals surface area contributed by atoms with E-state index in [0.29, 0.717) is 10.0 Å². The molecule has 1 aromatic carbocycles. The number of hydrogen-bond donors (Lipinski definition) is 1. The maximum absolute atomic E-state index is 6.00. The lowest BCUT2D eigenvalue weighted by Gasteiger charge is -2.00. The predicted molar refractivity (Wildman–Crippen MR) is 78.7 cm³/mol. The minimum atomic E-state index is 0.594. The van der Waals surface area contributed by atoms with Crippen LogP contribution in [-0.2, 0) is 0 Å².